The van der Waals surface area contributed by atoms with Crippen LogP contribution >= 0.6 is 0 Å². The molecule has 28 heavy (non-hydrogen) atoms. The van der Waals surface area contributed by atoms with Gasteiger partial charge in [0.25, 0.3) is 5.56 Å². The molecule has 0 bridgehead atoms. The maximum Gasteiger partial charge on any atom is 0.253 e. The molecule has 0 atom stereocenters. The van der Waals surface area contributed by atoms with E-state index in [1.807, 2.05) is 19.2 Å². The van der Waals surface area contributed by atoms with Crippen molar-refractivity contribution in [1.82, 2.24) is 4.57 Å². The van der Waals surface area contributed by atoms with Gasteiger partial charge in [0.05, 0.1) is 12.7 Å². The van der Waals surface area contributed by atoms with Crippen LogP contribution in [0.15, 0.2) is 29.2 Å². The Hall–Kier alpha value is -2.40. The number of ether oxygens (including phenoxy) is 1. The quantitative estimate of drug-likeness (QED) is 0.869. The largest absolute Gasteiger partial charge is 0.373 e. The number of aromatic nitrogens is 1. The van der Waals surface area contributed by atoms with Crippen molar-refractivity contribution in [2.24, 2.45) is 7.05 Å². The molecule has 0 saturated heterocycles. The molecule has 4 rings (SSSR count). The van der Waals surface area contributed by atoms with Crippen molar-refractivity contribution in [3.8, 4) is 11.1 Å². The van der Waals surface area contributed by atoms with Crippen LogP contribution in [-0.2, 0) is 29.6 Å². The standard InChI is InChI=1S/C23H28N2O3/c1-15-10-18(13-25(2)23(15)27)17-11-16-8-9-21(26)24-22(16)19(12-17)14-28-20-6-4-3-5-7-20/h10-13,20H,3-9,14H2,1-2H3,(H,24,26). The number of carbonyl (C=O) groups is 1. The van der Waals surface area contributed by atoms with Crippen molar-refractivity contribution in [1.29, 1.82) is 0 Å². The Morgan fingerprint density at radius 2 is 1.86 bits per heavy atom. The number of pyridine rings is 1. The van der Waals surface area contributed by atoms with Gasteiger partial charge in [0.2, 0.25) is 5.91 Å². The molecule has 0 radical (unpaired) electrons. The maximum absolute atomic E-state index is 12.1. The molecule has 5 heteroatoms. The third-order valence-corrected chi connectivity index (χ3v) is 5.91. The first kappa shape index (κ1) is 18.9. The van der Waals surface area contributed by atoms with Crippen LogP contribution < -0.4 is 10.9 Å². The molecular weight excluding hydrogens is 352 g/mol. The van der Waals surface area contributed by atoms with Crippen LogP contribution in [0.1, 0.15) is 55.2 Å². The number of benzene rings is 1. The Labute approximate surface area is 165 Å². The molecule has 1 aliphatic heterocycles. The van der Waals surface area contributed by atoms with Crippen molar-refractivity contribution in [3.63, 3.8) is 0 Å². The first-order valence-electron chi connectivity index (χ1n) is 10.3. The van der Waals surface area contributed by atoms with E-state index in [0.717, 1.165) is 52.8 Å². The van der Waals surface area contributed by atoms with Crippen LogP contribution in [0.2, 0.25) is 0 Å². The number of fused-ring (bicyclic) bond motifs is 1. The van der Waals surface area contributed by atoms with Gasteiger partial charge in [-0.2, -0.15) is 0 Å². The van der Waals surface area contributed by atoms with E-state index in [1.165, 1.54) is 19.3 Å². The highest BCUT2D eigenvalue weighted by Gasteiger charge is 2.21. The molecule has 2 aliphatic rings. The predicted octanol–water partition coefficient (Wildman–Crippen LogP) is 4.09. The Bertz CT molecular complexity index is 929. The van der Waals surface area contributed by atoms with Crippen molar-refractivity contribution in [2.45, 2.75) is 64.6 Å². The number of hydrogen-bond acceptors (Lipinski definition) is 3. The molecule has 1 amide bonds. The Morgan fingerprint density at radius 3 is 2.61 bits per heavy atom. The lowest BCUT2D eigenvalue weighted by Crippen LogP contribution is -2.22. The van der Waals surface area contributed by atoms with Crippen LogP contribution in [0, 0.1) is 6.92 Å². The fourth-order valence-corrected chi connectivity index (χ4v) is 4.33. The van der Waals surface area contributed by atoms with E-state index in [-0.39, 0.29) is 11.5 Å². The minimum absolute atomic E-state index is 0.0230. The maximum atomic E-state index is 12.1. The van der Waals surface area contributed by atoms with Gasteiger partial charge in [0.15, 0.2) is 0 Å². The second kappa shape index (κ2) is 7.92. The second-order valence-electron chi connectivity index (χ2n) is 8.12. The van der Waals surface area contributed by atoms with Crippen LogP contribution in [0.4, 0.5) is 5.69 Å². The first-order chi connectivity index (χ1) is 13.5. The molecule has 2 aromatic rings. The molecule has 0 unspecified atom stereocenters. The number of anilines is 1. The molecule has 1 N–H and O–H groups in total. The van der Waals surface area contributed by atoms with Gasteiger partial charge in [-0.1, -0.05) is 19.3 Å². The molecule has 148 valence electrons. The number of nitrogens with one attached hydrogen (secondary N) is 1. The Kier molecular flexibility index (Phi) is 5.36. The number of aryl methyl sites for hydroxylation is 3. The summed E-state index contributed by atoms with van der Waals surface area (Å²) in [6.45, 7) is 2.35. The average molecular weight is 380 g/mol. The molecule has 5 nitrogen and oxygen atoms in total. The zero-order valence-corrected chi connectivity index (χ0v) is 16.7. The summed E-state index contributed by atoms with van der Waals surface area (Å²) in [5.74, 6) is 0.0668. The predicted molar refractivity (Wildman–Crippen MR) is 110 cm³/mol. The highest BCUT2D eigenvalue weighted by atomic mass is 16.5. The Balaban J connectivity index is 1.70. The van der Waals surface area contributed by atoms with E-state index >= 15 is 0 Å². The topological polar surface area (TPSA) is 60.3 Å². The third-order valence-electron chi connectivity index (χ3n) is 5.91. The summed E-state index contributed by atoms with van der Waals surface area (Å²) in [6, 6.07) is 6.18. The van der Waals surface area contributed by atoms with E-state index in [1.54, 1.807) is 11.6 Å². The van der Waals surface area contributed by atoms with Gasteiger partial charge in [0, 0.05) is 36.5 Å². The van der Waals surface area contributed by atoms with Gasteiger partial charge in [-0.15, -0.1) is 0 Å². The normalized spacial score (nSPS) is 17.3. The summed E-state index contributed by atoms with van der Waals surface area (Å²) in [5.41, 5.74) is 5.91. The zero-order chi connectivity index (χ0) is 19.7. The molecule has 1 fully saturated rings. The van der Waals surface area contributed by atoms with Crippen molar-refractivity contribution in [2.75, 3.05) is 5.32 Å². The monoisotopic (exact) mass is 380 g/mol. The van der Waals surface area contributed by atoms with E-state index in [0.29, 0.717) is 19.1 Å². The minimum Gasteiger partial charge on any atom is -0.373 e. The summed E-state index contributed by atoms with van der Waals surface area (Å²) < 4.78 is 7.85. The van der Waals surface area contributed by atoms with Gasteiger partial charge in [-0.3, -0.25) is 9.59 Å². The van der Waals surface area contributed by atoms with Crippen molar-refractivity contribution >= 4 is 11.6 Å². The van der Waals surface area contributed by atoms with Crippen molar-refractivity contribution < 1.29 is 9.53 Å². The van der Waals surface area contributed by atoms with Gasteiger partial charge in [0.1, 0.15) is 0 Å². The molecular formula is C23H28N2O3. The molecule has 1 aromatic carbocycles. The third kappa shape index (κ3) is 3.90. The molecule has 1 aliphatic carbocycles. The summed E-state index contributed by atoms with van der Waals surface area (Å²) in [7, 11) is 1.78. The molecule has 1 aromatic heterocycles. The summed E-state index contributed by atoms with van der Waals surface area (Å²) in [4.78, 5) is 24.0. The van der Waals surface area contributed by atoms with Crippen molar-refractivity contribution in [3.05, 3.63) is 51.4 Å². The highest BCUT2D eigenvalue weighted by Crippen LogP contribution is 2.34. The second-order valence-corrected chi connectivity index (χ2v) is 8.12. The number of hydrogen-bond donors (Lipinski definition) is 1. The van der Waals surface area contributed by atoms with E-state index in [4.69, 9.17) is 4.74 Å². The van der Waals surface area contributed by atoms with Gasteiger partial charge in [-0.25, -0.2) is 0 Å². The fourth-order valence-electron chi connectivity index (χ4n) is 4.33. The first-order valence-corrected chi connectivity index (χ1v) is 10.3. The Morgan fingerprint density at radius 1 is 1.07 bits per heavy atom. The summed E-state index contributed by atoms with van der Waals surface area (Å²) in [5, 5.41) is 3.05. The van der Waals surface area contributed by atoms with E-state index in [9.17, 15) is 9.59 Å². The number of carbonyl (C=O) groups excluding carboxylic acids is 1. The lowest BCUT2D eigenvalue weighted by atomic mass is 9.93. The minimum atomic E-state index is 0.0230. The molecule has 0 spiro atoms. The molecule has 2 heterocycles. The van der Waals surface area contributed by atoms with Gasteiger partial charge < -0.3 is 14.6 Å². The lowest BCUT2D eigenvalue weighted by molar-refractivity contribution is -0.116. The van der Waals surface area contributed by atoms with Crippen LogP contribution in [-0.4, -0.2) is 16.6 Å². The number of rotatable bonds is 4. The SMILES string of the molecule is Cc1cc(-c2cc3c(c(COC4CCCCC4)c2)NC(=O)CC3)cn(C)c1=O. The van der Waals surface area contributed by atoms with Crippen LogP contribution in [0.25, 0.3) is 11.1 Å². The summed E-state index contributed by atoms with van der Waals surface area (Å²) in [6.07, 6.45) is 9.43. The average Bonchev–Trinajstić information content (AvgIpc) is 2.70. The van der Waals surface area contributed by atoms with E-state index in [2.05, 4.69) is 17.4 Å². The van der Waals surface area contributed by atoms with Crippen LogP contribution in [0.3, 0.4) is 0 Å². The van der Waals surface area contributed by atoms with E-state index < -0.39 is 0 Å². The number of nitrogens with zero attached hydrogens (tertiary/aromatic N) is 1. The zero-order valence-electron chi connectivity index (χ0n) is 16.7. The highest BCUT2D eigenvalue weighted by molar-refractivity contribution is 5.95. The van der Waals surface area contributed by atoms with Gasteiger partial charge >= 0.3 is 0 Å². The van der Waals surface area contributed by atoms with Gasteiger partial charge in [-0.05, 0) is 61.1 Å². The van der Waals surface area contributed by atoms with Crippen LogP contribution in [0.5, 0.6) is 0 Å². The smallest absolute Gasteiger partial charge is 0.253 e. The molecule has 1 saturated carbocycles. The fraction of sp³-hybridized carbons (Fsp3) is 0.478. The number of amides is 1. The summed E-state index contributed by atoms with van der Waals surface area (Å²) >= 11 is 0. The lowest BCUT2D eigenvalue weighted by Gasteiger charge is -2.25.